The highest BCUT2D eigenvalue weighted by atomic mass is 79.9. The normalized spacial score (nSPS) is 14.9. The molecule has 42 heavy (non-hydrogen) atoms. The molecule has 0 unspecified atom stereocenters. The van der Waals surface area contributed by atoms with Crippen molar-refractivity contribution in [1.29, 1.82) is 0 Å². The summed E-state index contributed by atoms with van der Waals surface area (Å²) >= 11 is 3.70. The minimum atomic E-state index is -0.893. The lowest BCUT2D eigenvalue weighted by Crippen LogP contribution is -2.32. The standard InChI is InChI=1S/C31H32BrF2N7O/c1-17(2)12-24-27(30(35)42)26(28-29(32)38-41(31(28)37-24)21-8-10-39(3)11-9-21)19-5-7-25-20(14-19)15-36-40(25)16-18-4-6-22(33)23(34)13-18/h4-7,13-15,17,21H,8-12,16H2,1-3H3,(H2,35,42). The number of hydrogen-bond acceptors (Lipinski definition) is 5. The Labute approximate surface area is 250 Å². The van der Waals surface area contributed by atoms with Gasteiger partial charge in [-0.2, -0.15) is 10.2 Å². The molecule has 0 bridgehead atoms. The molecule has 0 saturated carbocycles. The van der Waals surface area contributed by atoms with E-state index in [1.807, 2.05) is 22.9 Å². The maximum absolute atomic E-state index is 13.8. The number of likely N-dealkylation sites (tertiary alicyclic amines) is 1. The number of nitrogens with zero attached hydrogens (tertiary/aromatic N) is 6. The summed E-state index contributed by atoms with van der Waals surface area (Å²) in [5.41, 5.74) is 10.8. The summed E-state index contributed by atoms with van der Waals surface area (Å²) in [7, 11) is 2.12. The molecule has 3 aromatic heterocycles. The van der Waals surface area contributed by atoms with Gasteiger partial charge in [0.25, 0.3) is 5.91 Å². The number of primary amides is 1. The van der Waals surface area contributed by atoms with Crippen molar-refractivity contribution in [3.05, 3.63) is 75.7 Å². The lowest BCUT2D eigenvalue weighted by Gasteiger charge is -2.29. The molecule has 0 spiro atoms. The molecule has 6 rings (SSSR count). The first-order valence-corrected chi connectivity index (χ1v) is 14.9. The van der Waals surface area contributed by atoms with Gasteiger partial charge >= 0.3 is 0 Å². The highest BCUT2D eigenvalue weighted by molar-refractivity contribution is 9.10. The van der Waals surface area contributed by atoms with Gasteiger partial charge in [-0.1, -0.05) is 26.0 Å². The molecule has 2 aromatic carbocycles. The molecule has 5 aromatic rings. The molecule has 0 aliphatic carbocycles. The number of piperidine rings is 1. The largest absolute Gasteiger partial charge is 0.366 e. The molecule has 8 nitrogen and oxygen atoms in total. The molecule has 1 aliphatic rings. The Morgan fingerprint density at radius 2 is 1.88 bits per heavy atom. The van der Waals surface area contributed by atoms with Crippen LogP contribution in [0.25, 0.3) is 33.1 Å². The van der Waals surface area contributed by atoms with Crippen molar-refractivity contribution in [2.75, 3.05) is 20.1 Å². The van der Waals surface area contributed by atoms with E-state index in [0.717, 1.165) is 59.5 Å². The molecule has 1 amide bonds. The van der Waals surface area contributed by atoms with Gasteiger partial charge in [-0.05, 0) is 96.6 Å². The van der Waals surface area contributed by atoms with Crippen LogP contribution in [0.15, 0.2) is 47.2 Å². The SMILES string of the molecule is CC(C)Cc1nc2c(c(Br)nn2C2CCN(C)CC2)c(-c2ccc3c(cnn3Cc3ccc(F)c(F)c3)c2)c1C(N)=O. The van der Waals surface area contributed by atoms with Crippen LogP contribution in [0.3, 0.4) is 0 Å². The lowest BCUT2D eigenvalue weighted by molar-refractivity contribution is 0.0999. The third-order valence-electron chi connectivity index (χ3n) is 8.00. The van der Waals surface area contributed by atoms with Crippen LogP contribution in [0.5, 0.6) is 0 Å². The molecule has 218 valence electrons. The number of nitrogens with two attached hydrogens (primary N) is 1. The predicted octanol–water partition coefficient (Wildman–Crippen LogP) is 6.10. The van der Waals surface area contributed by atoms with Crippen LogP contribution in [-0.2, 0) is 13.0 Å². The van der Waals surface area contributed by atoms with Gasteiger partial charge in [0.2, 0.25) is 0 Å². The number of benzene rings is 2. The number of fused-ring (bicyclic) bond motifs is 2. The fraction of sp³-hybridized carbons (Fsp3) is 0.355. The van der Waals surface area contributed by atoms with E-state index in [2.05, 4.69) is 46.8 Å². The van der Waals surface area contributed by atoms with E-state index in [0.29, 0.717) is 33.4 Å². The predicted molar refractivity (Wildman–Crippen MR) is 162 cm³/mol. The highest BCUT2D eigenvalue weighted by Crippen LogP contribution is 2.40. The summed E-state index contributed by atoms with van der Waals surface area (Å²) in [6.45, 7) is 6.40. The van der Waals surface area contributed by atoms with Crippen LogP contribution in [0.4, 0.5) is 8.78 Å². The van der Waals surface area contributed by atoms with Crippen molar-refractivity contribution in [1.82, 2.24) is 29.4 Å². The topological polar surface area (TPSA) is 94.9 Å². The van der Waals surface area contributed by atoms with Gasteiger partial charge in [-0.3, -0.25) is 9.48 Å². The van der Waals surface area contributed by atoms with E-state index in [4.69, 9.17) is 15.8 Å². The molecular formula is C31H32BrF2N7O. The highest BCUT2D eigenvalue weighted by Gasteiger charge is 2.29. The van der Waals surface area contributed by atoms with Crippen LogP contribution in [0.1, 0.15) is 54.3 Å². The number of carbonyl (C=O) groups is 1. The second-order valence-electron chi connectivity index (χ2n) is 11.6. The number of halogens is 3. The van der Waals surface area contributed by atoms with E-state index in [1.54, 1.807) is 16.9 Å². The van der Waals surface area contributed by atoms with Gasteiger partial charge in [0.05, 0.1) is 40.9 Å². The molecule has 0 atom stereocenters. The third kappa shape index (κ3) is 5.20. The summed E-state index contributed by atoms with van der Waals surface area (Å²) in [4.78, 5) is 20.4. The number of pyridine rings is 1. The fourth-order valence-electron chi connectivity index (χ4n) is 5.94. The van der Waals surface area contributed by atoms with Crippen molar-refractivity contribution in [3.63, 3.8) is 0 Å². The summed E-state index contributed by atoms with van der Waals surface area (Å²) in [5.74, 6) is -2.07. The Bertz CT molecular complexity index is 1820. The van der Waals surface area contributed by atoms with Crippen molar-refractivity contribution in [2.45, 2.75) is 45.7 Å². The number of carbonyl (C=O) groups excluding carboxylic acids is 1. The summed E-state index contributed by atoms with van der Waals surface area (Å²) in [5, 5.41) is 11.0. The molecule has 1 aliphatic heterocycles. The van der Waals surface area contributed by atoms with Gasteiger partial charge in [-0.15, -0.1) is 0 Å². The smallest absolute Gasteiger partial charge is 0.251 e. The summed E-state index contributed by atoms with van der Waals surface area (Å²) in [6, 6.07) is 9.87. The number of rotatable bonds is 7. The van der Waals surface area contributed by atoms with Crippen LogP contribution in [0, 0.1) is 17.6 Å². The zero-order valence-corrected chi connectivity index (χ0v) is 25.3. The first kappa shape index (κ1) is 28.4. The van der Waals surface area contributed by atoms with Gasteiger partial charge < -0.3 is 10.6 Å². The molecule has 1 fully saturated rings. The molecule has 2 N–H and O–H groups in total. The first-order chi connectivity index (χ1) is 20.1. The fourth-order valence-corrected chi connectivity index (χ4v) is 6.48. The van der Waals surface area contributed by atoms with Crippen LogP contribution < -0.4 is 5.73 Å². The van der Waals surface area contributed by atoms with Crippen molar-refractivity contribution in [2.24, 2.45) is 11.7 Å². The van der Waals surface area contributed by atoms with E-state index >= 15 is 0 Å². The summed E-state index contributed by atoms with van der Waals surface area (Å²) in [6.07, 6.45) is 4.23. The average Bonchev–Trinajstić information content (AvgIpc) is 3.50. The number of aromatic nitrogens is 5. The molecular weight excluding hydrogens is 604 g/mol. The Morgan fingerprint density at radius 1 is 1.12 bits per heavy atom. The monoisotopic (exact) mass is 635 g/mol. The molecule has 0 radical (unpaired) electrons. The van der Waals surface area contributed by atoms with Crippen LogP contribution in [-0.4, -0.2) is 55.5 Å². The van der Waals surface area contributed by atoms with E-state index < -0.39 is 17.5 Å². The third-order valence-corrected chi connectivity index (χ3v) is 8.56. The van der Waals surface area contributed by atoms with E-state index in [1.165, 1.54) is 6.07 Å². The quantitative estimate of drug-likeness (QED) is 0.233. The second kappa shape index (κ2) is 11.2. The van der Waals surface area contributed by atoms with Crippen molar-refractivity contribution < 1.29 is 13.6 Å². The molecule has 1 saturated heterocycles. The zero-order valence-electron chi connectivity index (χ0n) is 23.7. The van der Waals surface area contributed by atoms with Crippen LogP contribution >= 0.6 is 15.9 Å². The maximum Gasteiger partial charge on any atom is 0.251 e. The van der Waals surface area contributed by atoms with Crippen molar-refractivity contribution in [3.8, 4) is 11.1 Å². The lowest BCUT2D eigenvalue weighted by atomic mass is 9.92. The van der Waals surface area contributed by atoms with Gasteiger partial charge in [0, 0.05) is 10.9 Å². The molecule has 11 heteroatoms. The Morgan fingerprint density at radius 3 is 2.57 bits per heavy atom. The minimum Gasteiger partial charge on any atom is -0.366 e. The van der Waals surface area contributed by atoms with E-state index in [9.17, 15) is 13.6 Å². The zero-order chi connectivity index (χ0) is 29.7. The first-order valence-electron chi connectivity index (χ1n) is 14.1. The second-order valence-corrected chi connectivity index (χ2v) is 12.3. The molecule has 4 heterocycles. The van der Waals surface area contributed by atoms with Gasteiger partial charge in [-0.25, -0.2) is 18.4 Å². The Balaban J connectivity index is 1.51. The number of hydrogen-bond donors (Lipinski definition) is 1. The minimum absolute atomic E-state index is 0.193. The summed E-state index contributed by atoms with van der Waals surface area (Å²) < 4.78 is 31.6. The average molecular weight is 637 g/mol. The number of amides is 1. The van der Waals surface area contributed by atoms with Crippen molar-refractivity contribution >= 4 is 43.8 Å². The van der Waals surface area contributed by atoms with Gasteiger partial charge in [0.15, 0.2) is 17.3 Å². The van der Waals surface area contributed by atoms with Gasteiger partial charge in [0.1, 0.15) is 4.60 Å². The van der Waals surface area contributed by atoms with Crippen LogP contribution in [0.2, 0.25) is 0 Å². The Kier molecular flexibility index (Phi) is 7.57. The maximum atomic E-state index is 13.8. The Hall–Kier alpha value is -3.70. The van der Waals surface area contributed by atoms with E-state index in [-0.39, 0.29) is 18.5 Å².